The molecule has 0 spiro atoms. The quantitative estimate of drug-likeness (QED) is 0.775. The number of halogens is 2. The standard InChI is InChI=1S/C9H8BrClO/c10-7-2-1-3-8(9(7)11)12-6-4-5-6/h1-3,6H,4-5H2. The molecule has 1 fully saturated rings. The van der Waals surface area contributed by atoms with Gasteiger partial charge in [0, 0.05) is 4.47 Å². The van der Waals surface area contributed by atoms with E-state index in [-0.39, 0.29) is 0 Å². The lowest BCUT2D eigenvalue weighted by Crippen LogP contribution is -1.96. The minimum absolute atomic E-state index is 0.400. The molecule has 0 unspecified atom stereocenters. The van der Waals surface area contributed by atoms with Gasteiger partial charge in [-0.3, -0.25) is 0 Å². The summed E-state index contributed by atoms with van der Waals surface area (Å²) in [6.07, 6.45) is 2.71. The topological polar surface area (TPSA) is 9.23 Å². The summed E-state index contributed by atoms with van der Waals surface area (Å²) in [5.74, 6) is 0.786. The average molecular weight is 248 g/mol. The lowest BCUT2D eigenvalue weighted by molar-refractivity contribution is 0.303. The van der Waals surface area contributed by atoms with Crippen LogP contribution in [-0.2, 0) is 0 Å². The highest BCUT2D eigenvalue weighted by Gasteiger charge is 2.24. The van der Waals surface area contributed by atoms with Crippen LogP contribution < -0.4 is 4.74 Å². The third kappa shape index (κ3) is 1.75. The third-order valence-corrected chi connectivity index (χ3v) is 3.01. The zero-order chi connectivity index (χ0) is 8.55. The summed E-state index contributed by atoms with van der Waals surface area (Å²) in [6.45, 7) is 0. The van der Waals surface area contributed by atoms with Crippen LogP contribution in [0.3, 0.4) is 0 Å². The van der Waals surface area contributed by atoms with Crippen molar-refractivity contribution in [3.63, 3.8) is 0 Å². The minimum atomic E-state index is 0.400. The molecule has 0 N–H and O–H groups in total. The Morgan fingerprint density at radius 1 is 1.42 bits per heavy atom. The maximum absolute atomic E-state index is 5.99. The molecule has 12 heavy (non-hydrogen) atoms. The van der Waals surface area contributed by atoms with Crippen LogP contribution in [-0.4, -0.2) is 6.10 Å². The molecule has 0 saturated heterocycles. The second-order valence-corrected chi connectivity index (χ2v) is 4.10. The third-order valence-electron chi connectivity index (χ3n) is 1.73. The summed E-state index contributed by atoms with van der Waals surface area (Å²) in [5.41, 5.74) is 0. The number of hydrogen-bond acceptors (Lipinski definition) is 1. The van der Waals surface area contributed by atoms with E-state index in [4.69, 9.17) is 16.3 Å². The zero-order valence-corrected chi connectivity index (χ0v) is 8.73. The molecule has 2 rings (SSSR count). The van der Waals surface area contributed by atoms with Crippen LogP contribution in [0.4, 0.5) is 0 Å². The fourth-order valence-electron chi connectivity index (χ4n) is 0.940. The van der Waals surface area contributed by atoms with Crippen LogP contribution in [0.5, 0.6) is 5.75 Å². The summed E-state index contributed by atoms with van der Waals surface area (Å²) < 4.78 is 6.47. The van der Waals surface area contributed by atoms with E-state index in [2.05, 4.69) is 15.9 Å². The fourth-order valence-corrected chi connectivity index (χ4v) is 1.46. The largest absolute Gasteiger partial charge is 0.489 e. The summed E-state index contributed by atoms with van der Waals surface area (Å²) in [5, 5.41) is 0.671. The number of rotatable bonds is 2. The Morgan fingerprint density at radius 3 is 2.83 bits per heavy atom. The average Bonchev–Trinajstić information content (AvgIpc) is 2.83. The van der Waals surface area contributed by atoms with Gasteiger partial charge in [-0.15, -0.1) is 0 Å². The van der Waals surface area contributed by atoms with E-state index in [1.54, 1.807) is 0 Å². The molecule has 0 bridgehead atoms. The van der Waals surface area contributed by atoms with Gasteiger partial charge in [-0.2, -0.15) is 0 Å². The first-order chi connectivity index (χ1) is 5.77. The first-order valence-corrected chi connectivity index (χ1v) is 5.05. The van der Waals surface area contributed by atoms with Crippen molar-refractivity contribution in [3.05, 3.63) is 27.7 Å². The van der Waals surface area contributed by atoms with Crippen LogP contribution in [0.2, 0.25) is 5.02 Å². The van der Waals surface area contributed by atoms with Gasteiger partial charge in [-0.05, 0) is 40.9 Å². The summed E-state index contributed by atoms with van der Waals surface area (Å²) in [4.78, 5) is 0. The van der Waals surface area contributed by atoms with E-state index in [0.717, 1.165) is 23.1 Å². The van der Waals surface area contributed by atoms with E-state index >= 15 is 0 Å². The lowest BCUT2D eigenvalue weighted by atomic mass is 10.3. The minimum Gasteiger partial charge on any atom is -0.489 e. The molecule has 1 aromatic carbocycles. The van der Waals surface area contributed by atoms with E-state index < -0.39 is 0 Å². The normalized spacial score (nSPS) is 16.2. The predicted molar refractivity (Wildman–Crippen MR) is 52.8 cm³/mol. The van der Waals surface area contributed by atoms with Gasteiger partial charge in [-0.25, -0.2) is 0 Å². The van der Waals surface area contributed by atoms with Gasteiger partial charge in [0.25, 0.3) is 0 Å². The van der Waals surface area contributed by atoms with Crippen molar-refractivity contribution in [2.45, 2.75) is 18.9 Å². The maximum atomic E-state index is 5.99. The molecular formula is C9H8BrClO. The summed E-state index contributed by atoms with van der Waals surface area (Å²) in [6, 6.07) is 5.72. The van der Waals surface area contributed by atoms with Crippen molar-refractivity contribution < 1.29 is 4.74 Å². The lowest BCUT2D eigenvalue weighted by Gasteiger charge is -2.06. The summed E-state index contributed by atoms with van der Waals surface area (Å²) >= 11 is 9.34. The van der Waals surface area contributed by atoms with E-state index in [0.29, 0.717) is 11.1 Å². The molecule has 1 nitrogen and oxygen atoms in total. The second-order valence-electron chi connectivity index (χ2n) is 2.87. The van der Waals surface area contributed by atoms with Crippen molar-refractivity contribution >= 4 is 27.5 Å². The molecule has 0 amide bonds. The van der Waals surface area contributed by atoms with Gasteiger partial charge in [0.15, 0.2) is 0 Å². The molecule has 0 aromatic heterocycles. The molecule has 1 aliphatic rings. The highest BCUT2D eigenvalue weighted by atomic mass is 79.9. The molecule has 0 atom stereocenters. The molecular weight excluding hydrogens is 239 g/mol. The van der Waals surface area contributed by atoms with Crippen molar-refractivity contribution in [2.75, 3.05) is 0 Å². The smallest absolute Gasteiger partial charge is 0.139 e. The van der Waals surface area contributed by atoms with Crippen molar-refractivity contribution in [1.82, 2.24) is 0 Å². The molecule has 3 heteroatoms. The Bertz CT molecular complexity index is 297. The first kappa shape index (κ1) is 8.39. The van der Waals surface area contributed by atoms with Gasteiger partial charge in [0.2, 0.25) is 0 Å². The fraction of sp³-hybridized carbons (Fsp3) is 0.333. The Labute approximate surface area is 84.8 Å². The van der Waals surface area contributed by atoms with Crippen LogP contribution in [0.25, 0.3) is 0 Å². The molecule has 1 aromatic rings. The number of hydrogen-bond donors (Lipinski definition) is 0. The van der Waals surface area contributed by atoms with Gasteiger partial charge < -0.3 is 4.74 Å². The number of benzene rings is 1. The van der Waals surface area contributed by atoms with Crippen molar-refractivity contribution in [2.24, 2.45) is 0 Å². The Balaban J connectivity index is 2.23. The van der Waals surface area contributed by atoms with E-state index in [1.165, 1.54) is 0 Å². The van der Waals surface area contributed by atoms with Crippen LogP contribution in [0, 0.1) is 0 Å². The van der Waals surface area contributed by atoms with Gasteiger partial charge in [0.1, 0.15) is 5.75 Å². The van der Waals surface area contributed by atoms with Crippen LogP contribution in [0.15, 0.2) is 22.7 Å². The molecule has 1 aliphatic carbocycles. The number of ether oxygens (including phenoxy) is 1. The van der Waals surface area contributed by atoms with Crippen LogP contribution >= 0.6 is 27.5 Å². The molecule has 1 saturated carbocycles. The Hall–Kier alpha value is -0.210. The molecule has 0 aliphatic heterocycles. The Kier molecular flexibility index (Phi) is 2.28. The van der Waals surface area contributed by atoms with Gasteiger partial charge >= 0.3 is 0 Å². The Morgan fingerprint density at radius 2 is 2.17 bits per heavy atom. The molecule has 64 valence electrons. The van der Waals surface area contributed by atoms with Crippen LogP contribution in [0.1, 0.15) is 12.8 Å². The molecule has 0 radical (unpaired) electrons. The zero-order valence-electron chi connectivity index (χ0n) is 6.39. The monoisotopic (exact) mass is 246 g/mol. The van der Waals surface area contributed by atoms with Crippen molar-refractivity contribution in [1.29, 1.82) is 0 Å². The van der Waals surface area contributed by atoms with E-state index in [1.807, 2.05) is 18.2 Å². The predicted octanol–water partition coefficient (Wildman–Crippen LogP) is 3.64. The SMILES string of the molecule is Clc1c(Br)cccc1OC1CC1. The van der Waals surface area contributed by atoms with Gasteiger partial charge in [-0.1, -0.05) is 17.7 Å². The van der Waals surface area contributed by atoms with Crippen molar-refractivity contribution in [3.8, 4) is 5.75 Å². The van der Waals surface area contributed by atoms with E-state index in [9.17, 15) is 0 Å². The second kappa shape index (κ2) is 3.27. The highest BCUT2D eigenvalue weighted by Crippen LogP contribution is 2.35. The maximum Gasteiger partial charge on any atom is 0.139 e. The van der Waals surface area contributed by atoms with Gasteiger partial charge in [0.05, 0.1) is 11.1 Å². The molecule has 0 heterocycles. The summed E-state index contributed by atoms with van der Waals surface area (Å²) in [7, 11) is 0. The first-order valence-electron chi connectivity index (χ1n) is 3.88. The highest BCUT2D eigenvalue weighted by molar-refractivity contribution is 9.10.